The molecule has 2 aromatic rings. The van der Waals surface area contributed by atoms with Crippen LogP contribution >= 0.6 is 0 Å². The molecule has 0 amide bonds. The zero-order valence-electron chi connectivity index (χ0n) is 22.5. The first-order chi connectivity index (χ1) is 19.3. The highest BCUT2D eigenvalue weighted by Gasteiger charge is 2.39. The molecule has 12 heteroatoms. The lowest BCUT2D eigenvalue weighted by Gasteiger charge is -2.31. The number of methoxy groups -OCH3 is 1. The first-order valence-electron chi connectivity index (χ1n) is 12.5. The summed E-state index contributed by atoms with van der Waals surface area (Å²) in [7, 11) is 1.22. The maximum absolute atomic E-state index is 13.2. The zero-order chi connectivity index (χ0) is 29.1. The van der Waals surface area contributed by atoms with Crippen molar-refractivity contribution in [2.45, 2.75) is 19.8 Å². The van der Waals surface area contributed by atoms with Gasteiger partial charge in [-0.1, -0.05) is 12.1 Å². The third-order valence-electron chi connectivity index (χ3n) is 5.91. The van der Waals surface area contributed by atoms with Crippen molar-refractivity contribution < 1.29 is 43.3 Å². The molecule has 0 spiro atoms. The van der Waals surface area contributed by atoms with Crippen molar-refractivity contribution in [3.63, 3.8) is 0 Å². The van der Waals surface area contributed by atoms with Gasteiger partial charge in [-0.2, -0.15) is 0 Å². The maximum Gasteiger partial charge on any atom is 0.336 e. The summed E-state index contributed by atoms with van der Waals surface area (Å²) in [5.74, 6) is -1.61. The Balaban J connectivity index is 1.73. The minimum atomic E-state index is -0.987. The molecule has 2 aromatic carbocycles. The first-order valence-corrected chi connectivity index (χ1v) is 12.5. The number of allylic oxidation sites excluding steroid dienone is 1. The molecule has 0 saturated heterocycles. The Hall–Kier alpha value is -4.42. The fourth-order valence-electron chi connectivity index (χ4n) is 4.15. The Kier molecular flexibility index (Phi) is 11.0. The fourth-order valence-corrected chi connectivity index (χ4v) is 4.15. The van der Waals surface area contributed by atoms with Crippen molar-refractivity contribution in [1.29, 1.82) is 0 Å². The number of aromatic hydroxyl groups is 1. The molecule has 0 fully saturated rings. The van der Waals surface area contributed by atoms with Gasteiger partial charge in [0.1, 0.15) is 18.1 Å². The van der Waals surface area contributed by atoms with Gasteiger partial charge in [-0.3, -0.25) is 10.1 Å². The Labute approximate surface area is 231 Å². The van der Waals surface area contributed by atoms with Gasteiger partial charge in [0.15, 0.2) is 0 Å². The van der Waals surface area contributed by atoms with Crippen LogP contribution < -0.4 is 10.1 Å². The van der Waals surface area contributed by atoms with Crippen molar-refractivity contribution in [2.24, 2.45) is 0 Å². The third kappa shape index (κ3) is 7.80. The van der Waals surface area contributed by atoms with E-state index in [1.54, 1.807) is 32.0 Å². The molecular formula is C28H32N2O10. The standard InChI is InChI=1S/C28H32N2O10/c1-4-39-28(33)26-23(17-38-13-12-37-14-15-40-22-10-8-21(31)9-11-22)29-18(2)24(27(32)36-3)25(26)19-6-5-7-20(16-19)30(34)35/h5-11,16,25,29,31H,4,12-15,17H2,1-3H3. The van der Waals surface area contributed by atoms with Crippen LogP contribution in [0.2, 0.25) is 0 Å². The molecule has 214 valence electrons. The molecule has 0 saturated carbocycles. The number of non-ortho nitro benzene ring substituents is 1. The highest BCUT2D eigenvalue weighted by molar-refractivity contribution is 6.00. The van der Waals surface area contributed by atoms with Gasteiger partial charge in [0.2, 0.25) is 0 Å². The lowest BCUT2D eigenvalue weighted by Crippen LogP contribution is -2.34. The quantitative estimate of drug-likeness (QED) is 0.152. The number of hydrogen-bond donors (Lipinski definition) is 2. The fraction of sp³-hybridized carbons (Fsp3) is 0.357. The number of ether oxygens (including phenoxy) is 5. The molecular weight excluding hydrogens is 524 g/mol. The lowest BCUT2D eigenvalue weighted by atomic mass is 9.80. The molecule has 0 aliphatic carbocycles. The number of esters is 2. The van der Waals surface area contributed by atoms with E-state index >= 15 is 0 Å². The molecule has 0 aromatic heterocycles. The first kappa shape index (κ1) is 30.1. The second-order valence-electron chi connectivity index (χ2n) is 8.56. The van der Waals surface area contributed by atoms with Crippen molar-refractivity contribution in [3.8, 4) is 11.5 Å². The van der Waals surface area contributed by atoms with Crippen molar-refractivity contribution in [2.75, 3.05) is 46.8 Å². The molecule has 1 aliphatic rings. The van der Waals surface area contributed by atoms with Crippen LogP contribution in [0.3, 0.4) is 0 Å². The van der Waals surface area contributed by atoms with E-state index in [2.05, 4.69) is 5.32 Å². The molecule has 2 N–H and O–H groups in total. The Bertz CT molecular complexity index is 1270. The minimum Gasteiger partial charge on any atom is -0.508 e. The second kappa shape index (κ2) is 14.7. The summed E-state index contributed by atoms with van der Waals surface area (Å²) in [6.45, 7) is 4.38. The number of phenols is 1. The van der Waals surface area contributed by atoms with Gasteiger partial charge in [0.25, 0.3) is 5.69 Å². The van der Waals surface area contributed by atoms with Gasteiger partial charge in [0.05, 0.1) is 67.8 Å². The van der Waals surface area contributed by atoms with Gasteiger partial charge in [0, 0.05) is 17.8 Å². The van der Waals surface area contributed by atoms with E-state index in [1.165, 1.54) is 37.4 Å². The SMILES string of the molecule is CCOC(=O)C1=C(COCCOCCOc2ccc(O)cc2)NC(C)=C(C(=O)OC)C1c1cccc([N+](=O)[O-])c1. The minimum absolute atomic E-state index is 0.0429. The molecule has 1 heterocycles. The molecule has 40 heavy (non-hydrogen) atoms. The lowest BCUT2D eigenvalue weighted by molar-refractivity contribution is -0.384. The summed E-state index contributed by atoms with van der Waals surface area (Å²) < 4.78 is 27.1. The number of benzene rings is 2. The van der Waals surface area contributed by atoms with E-state index in [1.807, 2.05) is 0 Å². The predicted molar refractivity (Wildman–Crippen MR) is 143 cm³/mol. The second-order valence-corrected chi connectivity index (χ2v) is 8.56. The van der Waals surface area contributed by atoms with E-state index < -0.39 is 22.8 Å². The van der Waals surface area contributed by atoms with E-state index in [0.29, 0.717) is 35.9 Å². The van der Waals surface area contributed by atoms with Crippen LogP contribution in [-0.2, 0) is 28.5 Å². The number of rotatable bonds is 14. The number of nitrogens with zero attached hydrogens (tertiary/aromatic N) is 1. The van der Waals surface area contributed by atoms with Gasteiger partial charge in [-0.25, -0.2) is 9.59 Å². The number of carbonyl (C=O) groups is 2. The number of hydrogen-bond acceptors (Lipinski definition) is 11. The number of nitrogens with one attached hydrogen (secondary N) is 1. The van der Waals surface area contributed by atoms with Crippen molar-refractivity contribution in [3.05, 3.63) is 86.7 Å². The predicted octanol–water partition coefficient (Wildman–Crippen LogP) is 3.36. The summed E-state index contributed by atoms with van der Waals surface area (Å²) in [5, 5.41) is 23.8. The number of dihydropyridines is 1. The molecule has 1 aliphatic heterocycles. The largest absolute Gasteiger partial charge is 0.508 e. The average molecular weight is 557 g/mol. The topological polar surface area (TPSA) is 156 Å². The van der Waals surface area contributed by atoms with Crippen LogP contribution in [0.4, 0.5) is 5.69 Å². The molecule has 0 radical (unpaired) electrons. The van der Waals surface area contributed by atoms with Crippen LogP contribution in [0.1, 0.15) is 25.3 Å². The molecule has 1 unspecified atom stereocenters. The third-order valence-corrected chi connectivity index (χ3v) is 5.91. The van der Waals surface area contributed by atoms with Crippen molar-refractivity contribution in [1.82, 2.24) is 5.32 Å². The smallest absolute Gasteiger partial charge is 0.336 e. The summed E-state index contributed by atoms with van der Waals surface area (Å²) in [6.07, 6.45) is 0. The van der Waals surface area contributed by atoms with Gasteiger partial charge in [-0.05, 0) is 43.7 Å². The molecule has 0 bridgehead atoms. The number of carbonyl (C=O) groups excluding carboxylic acids is 2. The Morgan fingerprint density at radius 3 is 2.38 bits per heavy atom. The highest BCUT2D eigenvalue weighted by atomic mass is 16.6. The Morgan fingerprint density at radius 2 is 1.70 bits per heavy atom. The molecule has 3 rings (SSSR count). The summed E-state index contributed by atoms with van der Waals surface area (Å²) in [5.41, 5.74) is 1.16. The maximum atomic E-state index is 13.2. The van der Waals surface area contributed by atoms with E-state index in [0.717, 1.165) is 0 Å². The van der Waals surface area contributed by atoms with Crippen LogP contribution in [0, 0.1) is 10.1 Å². The Morgan fingerprint density at radius 1 is 1.00 bits per heavy atom. The van der Waals surface area contributed by atoms with Crippen LogP contribution in [0.15, 0.2) is 71.1 Å². The van der Waals surface area contributed by atoms with E-state index in [4.69, 9.17) is 23.7 Å². The van der Waals surface area contributed by atoms with Gasteiger partial charge in [-0.15, -0.1) is 0 Å². The van der Waals surface area contributed by atoms with Crippen LogP contribution in [0.5, 0.6) is 11.5 Å². The summed E-state index contributed by atoms with van der Waals surface area (Å²) in [6, 6.07) is 12.1. The number of nitro benzene ring substituents is 1. The van der Waals surface area contributed by atoms with Gasteiger partial charge < -0.3 is 34.1 Å². The van der Waals surface area contributed by atoms with E-state index in [-0.39, 0.29) is 49.0 Å². The summed E-state index contributed by atoms with van der Waals surface area (Å²) >= 11 is 0. The van der Waals surface area contributed by atoms with E-state index in [9.17, 15) is 24.8 Å². The normalized spacial score (nSPS) is 14.9. The molecule has 12 nitrogen and oxygen atoms in total. The summed E-state index contributed by atoms with van der Waals surface area (Å²) in [4.78, 5) is 36.9. The highest BCUT2D eigenvalue weighted by Crippen LogP contribution is 2.40. The van der Waals surface area contributed by atoms with Crippen LogP contribution in [-0.4, -0.2) is 68.7 Å². The van der Waals surface area contributed by atoms with Crippen molar-refractivity contribution >= 4 is 17.6 Å². The average Bonchev–Trinajstić information content (AvgIpc) is 2.94. The monoisotopic (exact) mass is 556 g/mol. The number of nitro groups is 1. The van der Waals surface area contributed by atoms with Crippen LogP contribution in [0.25, 0.3) is 0 Å². The zero-order valence-corrected chi connectivity index (χ0v) is 22.5. The van der Waals surface area contributed by atoms with Gasteiger partial charge >= 0.3 is 11.9 Å². The number of phenolic OH excluding ortho intramolecular Hbond substituents is 1. The molecule has 1 atom stereocenters.